The monoisotopic (exact) mass is 252 g/mol. The van der Waals surface area contributed by atoms with Crippen molar-refractivity contribution in [1.82, 2.24) is 5.32 Å². The summed E-state index contributed by atoms with van der Waals surface area (Å²) in [4.78, 5) is 0. The van der Waals surface area contributed by atoms with Gasteiger partial charge in [-0.2, -0.15) is 5.26 Å². The van der Waals surface area contributed by atoms with Gasteiger partial charge in [0.1, 0.15) is 5.54 Å². The number of hydrogen-bond donors (Lipinski definition) is 1. The molecule has 1 saturated carbocycles. The first-order valence-corrected chi connectivity index (χ1v) is 7.41. The molecule has 1 aliphatic rings. The largest absolute Gasteiger partial charge is 0.378 e. The molecule has 0 aromatic carbocycles. The Morgan fingerprint density at radius 3 is 2.78 bits per heavy atom. The van der Waals surface area contributed by atoms with E-state index in [-0.39, 0.29) is 11.6 Å². The summed E-state index contributed by atoms with van der Waals surface area (Å²) in [5, 5.41) is 12.4. The molecule has 0 heterocycles. The van der Waals surface area contributed by atoms with Crippen molar-refractivity contribution in [2.45, 2.75) is 70.4 Å². The fourth-order valence-corrected chi connectivity index (χ4v) is 2.70. The SMILES string of the molecule is CCCCC(CC)COC1CCC(C#N)(NC)C1. The Hall–Kier alpha value is -0.590. The predicted molar refractivity (Wildman–Crippen MR) is 74.3 cm³/mol. The molecular weight excluding hydrogens is 224 g/mol. The molecule has 104 valence electrons. The minimum Gasteiger partial charge on any atom is -0.378 e. The van der Waals surface area contributed by atoms with Gasteiger partial charge in [-0.05, 0) is 32.2 Å². The zero-order chi connectivity index (χ0) is 13.4. The first kappa shape index (κ1) is 15.5. The lowest BCUT2D eigenvalue weighted by Crippen LogP contribution is -2.39. The van der Waals surface area contributed by atoms with E-state index in [0.29, 0.717) is 5.92 Å². The highest BCUT2D eigenvalue weighted by Gasteiger charge is 2.38. The van der Waals surface area contributed by atoms with Crippen molar-refractivity contribution < 1.29 is 4.74 Å². The number of nitrogens with one attached hydrogen (secondary N) is 1. The third kappa shape index (κ3) is 4.26. The summed E-state index contributed by atoms with van der Waals surface area (Å²) >= 11 is 0. The van der Waals surface area contributed by atoms with Crippen LogP contribution >= 0.6 is 0 Å². The van der Waals surface area contributed by atoms with E-state index in [0.717, 1.165) is 25.9 Å². The van der Waals surface area contributed by atoms with Crippen LogP contribution in [0.25, 0.3) is 0 Å². The van der Waals surface area contributed by atoms with Crippen molar-refractivity contribution in [3.05, 3.63) is 0 Å². The first-order valence-electron chi connectivity index (χ1n) is 7.41. The number of nitriles is 1. The first-order chi connectivity index (χ1) is 8.69. The van der Waals surface area contributed by atoms with Gasteiger partial charge in [-0.15, -0.1) is 0 Å². The Balaban J connectivity index is 2.30. The van der Waals surface area contributed by atoms with Gasteiger partial charge in [0.2, 0.25) is 0 Å². The molecule has 1 aliphatic carbocycles. The smallest absolute Gasteiger partial charge is 0.109 e. The Kier molecular flexibility index (Phi) is 6.67. The Morgan fingerprint density at radius 2 is 2.28 bits per heavy atom. The second-order valence-corrected chi connectivity index (χ2v) is 5.56. The number of rotatable bonds is 8. The topological polar surface area (TPSA) is 45.0 Å². The lowest BCUT2D eigenvalue weighted by atomic mass is 10.00. The Bertz CT molecular complexity index is 274. The van der Waals surface area contributed by atoms with Gasteiger partial charge in [0.25, 0.3) is 0 Å². The second-order valence-electron chi connectivity index (χ2n) is 5.56. The summed E-state index contributed by atoms with van der Waals surface area (Å²) in [6.07, 6.45) is 8.06. The van der Waals surface area contributed by atoms with Crippen LogP contribution in [0.4, 0.5) is 0 Å². The van der Waals surface area contributed by atoms with Crippen LogP contribution < -0.4 is 5.32 Å². The molecule has 18 heavy (non-hydrogen) atoms. The molecule has 0 radical (unpaired) electrons. The maximum absolute atomic E-state index is 9.21. The molecule has 3 nitrogen and oxygen atoms in total. The van der Waals surface area contributed by atoms with Gasteiger partial charge in [-0.1, -0.05) is 33.1 Å². The zero-order valence-corrected chi connectivity index (χ0v) is 12.2. The highest BCUT2D eigenvalue weighted by atomic mass is 16.5. The lowest BCUT2D eigenvalue weighted by molar-refractivity contribution is 0.0274. The standard InChI is InChI=1S/C15H28N2O/c1-4-6-7-13(5-2)11-18-14-8-9-15(10-14,12-16)17-3/h13-14,17H,4-11H2,1-3H3. The molecule has 0 spiro atoms. The van der Waals surface area contributed by atoms with Crippen LogP contribution in [0.15, 0.2) is 0 Å². The van der Waals surface area contributed by atoms with Crippen molar-refractivity contribution in [1.29, 1.82) is 5.26 Å². The van der Waals surface area contributed by atoms with E-state index in [1.807, 2.05) is 7.05 Å². The molecule has 3 heteroatoms. The van der Waals surface area contributed by atoms with Crippen molar-refractivity contribution >= 4 is 0 Å². The van der Waals surface area contributed by atoms with E-state index in [9.17, 15) is 5.26 Å². The van der Waals surface area contributed by atoms with Gasteiger partial charge in [0.15, 0.2) is 0 Å². The molecule has 1 rings (SSSR count). The van der Waals surface area contributed by atoms with E-state index < -0.39 is 0 Å². The molecule has 1 N–H and O–H groups in total. The van der Waals surface area contributed by atoms with Crippen LogP contribution in [-0.4, -0.2) is 25.3 Å². The molecule has 3 unspecified atom stereocenters. The average molecular weight is 252 g/mol. The Labute approximate surface area is 112 Å². The second kappa shape index (κ2) is 7.76. The summed E-state index contributed by atoms with van der Waals surface area (Å²) < 4.78 is 6.02. The highest BCUT2D eigenvalue weighted by Crippen LogP contribution is 2.31. The third-order valence-corrected chi connectivity index (χ3v) is 4.27. The molecular formula is C15H28N2O. The average Bonchev–Trinajstić information content (AvgIpc) is 2.83. The van der Waals surface area contributed by atoms with Crippen molar-refractivity contribution in [3.63, 3.8) is 0 Å². The van der Waals surface area contributed by atoms with Gasteiger partial charge in [0.05, 0.1) is 12.2 Å². The van der Waals surface area contributed by atoms with E-state index in [4.69, 9.17) is 4.74 Å². The fraction of sp³-hybridized carbons (Fsp3) is 0.933. The minimum atomic E-state index is -0.338. The maximum atomic E-state index is 9.21. The summed E-state index contributed by atoms with van der Waals surface area (Å²) in [5.41, 5.74) is -0.338. The molecule has 0 aromatic rings. The van der Waals surface area contributed by atoms with E-state index in [2.05, 4.69) is 25.2 Å². The van der Waals surface area contributed by atoms with E-state index in [1.54, 1.807) is 0 Å². The van der Waals surface area contributed by atoms with Gasteiger partial charge < -0.3 is 10.1 Å². The molecule has 3 atom stereocenters. The minimum absolute atomic E-state index is 0.271. The van der Waals surface area contributed by atoms with Gasteiger partial charge in [-0.25, -0.2) is 0 Å². The summed E-state index contributed by atoms with van der Waals surface area (Å²) in [7, 11) is 1.88. The molecule has 0 amide bonds. The Morgan fingerprint density at radius 1 is 1.50 bits per heavy atom. The number of ether oxygens (including phenoxy) is 1. The third-order valence-electron chi connectivity index (χ3n) is 4.27. The molecule has 0 aliphatic heterocycles. The normalized spacial score (nSPS) is 29.1. The number of nitrogens with zero attached hydrogens (tertiary/aromatic N) is 1. The van der Waals surface area contributed by atoms with Crippen molar-refractivity contribution in [2.75, 3.05) is 13.7 Å². The summed E-state index contributed by atoms with van der Waals surface area (Å²) in [5.74, 6) is 0.691. The molecule has 0 aromatic heterocycles. The van der Waals surface area contributed by atoms with E-state index in [1.165, 1.54) is 25.7 Å². The van der Waals surface area contributed by atoms with Crippen LogP contribution in [0.3, 0.4) is 0 Å². The van der Waals surface area contributed by atoms with Crippen LogP contribution in [0.1, 0.15) is 58.8 Å². The van der Waals surface area contributed by atoms with Crippen LogP contribution in [-0.2, 0) is 4.74 Å². The quantitative estimate of drug-likeness (QED) is 0.721. The van der Waals surface area contributed by atoms with Crippen molar-refractivity contribution in [3.8, 4) is 6.07 Å². The predicted octanol–water partition coefficient (Wildman–Crippen LogP) is 3.25. The van der Waals surface area contributed by atoms with Gasteiger partial charge in [0, 0.05) is 13.0 Å². The highest BCUT2D eigenvalue weighted by molar-refractivity contribution is 5.11. The van der Waals surface area contributed by atoms with Gasteiger partial charge >= 0.3 is 0 Å². The fourth-order valence-electron chi connectivity index (χ4n) is 2.70. The van der Waals surface area contributed by atoms with E-state index >= 15 is 0 Å². The maximum Gasteiger partial charge on any atom is 0.109 e. The molecule has 0 bridgehead atoms. The van der Waals surface area contributed by atoms with Gasteiger partial charge in [-0.3, -0.25) is 0 Å². The zero-order valence-electron chi connectivity index (χ0n) is 12.2. The summed E-state index contributed by atoms with van der Waals surface area (Å²) in [6, 6.07) is 2.40. The van der Waals surface area contributed by atoms with Crippen LogP contribution in [0.2, 0.25) is 0 Å². The lowest BCUT2D eigenvalue weighted by Gasteiger charge is -2.21. The van der Waals surface area contributed by atoms with Crippen LogP contribution in [0, 0.1) is 17.2 Å². The van der Waals surface area contributed by atoms with Crippen LogP contribution in [0.5, 0.6) is 0 Å². The molecule has 1 fully saturated rings. The van der Waals surface area contributed by atoms with Crippen molar-refractivity contribution in [2.24, 2.45) is 5.92 Å². The number of unbranched alkanes of at least 4 members (excludes halogenated alkanes) is 1. The summed E-state index contributed by atoms with van der Waals surface area (Å²) in [6.45, 7) is 5.34. The number of hydrogen-bond acceptors (Lipinski definition) is 3. The molecule has 0 saturated heterocycles.